The van der Waals surface area contributed by atoms with Gasteiger partial charge in [-0.1, -0.05) is 24.3 Å². The highest BCUT2D eigenvalue weighted by Crippen LogP contribution is 2.31. The Hall–Kier alpha value is -4.03. The molecule has 0 unspecified atom stereocenters. The second kappa shape index (κ2) is 8.49. The Morgan fingerprint density at radius 1 is 1.21 bits per heavy atom. The van der Waals surface area contributed by atoms with E-state index >= 15 is 0 Å². The van der Waals surface area contributed by atoms with Gasteiger partial charge < -0.3 is 25.8 Å². The first kappa shape index (κ1) is 20.9. The van der Waals surface area contributed by atoms with E-state index in [0.29, 0.717) is 41.8 Å². The van der Waals surface area contributed by atoms with Crippen molar-refractivity contribution >= 4 is 30.0 Å². The summed E-state index contributed by atoms with van der Waals surface area (Å²) in [6, 6.07) is 10.2. The number of amides is 1. The number of nitrogens with one attached hydrogen (secondary N) is 1. The van der Waals surface area contributed by atoms with Crippen LogP contribution in [0.25, 0.3) is 17.3 Å². The SMILES string of the molecule is NC(=O)c1cccn2c(-c3nc(NCc4cccc(B(O)O)c4)c4c(n3)OCCC4)nnc12. The second-order valence-corrected chi connectivity index (χ2v) is 7.61. The van der Waals surface area contributed by atoms with Gasteiger partial charge >= 0.3 is 7.12 Å². The number of anilines is 1. The van der Waals surface area contributed by atoms with Crippen molar-refractivity contribution in [2.75, 3.05) is 11.9 Å². The largest absolute Gasteiger partial charge is 0.488 e. The van der Waals surface area contributed by atoms with Crippen molar-refractivity contribution in [3.63, 3.8) is 0 Å². The van der Waals surface area contributed by atoms with E-state index < -0.39 is 13.0 Å². The van der Waals surface area contributed by atoms with Crippen molar-refractivity contribution < 1.29 is 19.6 Å². The van der Waals surface area contributed by atoms with Crippen molar-refractivity contribution in [1.29, 1.82) is 0 Å². The number of carbonyl (C=O) groups is 1. The Morgan fingerprint density at radius 2 is 2.09 bits per heavy atom. The first-order valence-electron chi connectivity index (χ1n) is 10.4. The zero-order chi connectivity index (χ0) is 22.9. The molecule has 1 aromatic carbocycles. The van der Waals surface area contributed by atoms with Gasteiger partial charge in [0.05, 0.1) is 17.7 Å². The van der Waals surface area contributed by atoms with Gasteiger partial charge in [0, 0.05) is 12.7 Å². The molecule has 5 rings (SSSR count). The molecule has 0 saturated heterocycles. The van der Waals surface area contributed by atoms with Crippen molar-refractivity contribution in [1.82, 2.24) is 24.6 Å². The topological polar surface area (TPSA) is 161 Å². The van der Waals surface area contributed by atoms with Crippen molar-refractivity contribution in [3.8, 4) is 17.5 Å². The first-order chi connectivity index (χ1) is 16.0. The van der Waals surface area contributed by atoms with Gasteiger partial charge in [-0.15, -0.1) is 10.2 Å². The molecule has 0 aliphatic carbocycles. The third-order valence-corrected chi connectivity index (χ3v) is 5.39. The third-order valence-electron chi connectivity index (χ3n) is 5.39. The standard InChI is InChI=1S/C21H20BN7O4/c23-16(30)14-6-2-8-29-19(14)27-28-20(29)18-25-17(15-7-3-9-33-21(15)26-18)24-11-12-4-1-5-13(10-12)22(31)32/h1-2,4-6,8,10,31-32H,3,7,9,11H2,(H2,23,30)(H,24,25,26). The molecular weight excluding hydrogens is 425 g/mol. The number of nitrogens with two attached hydrogens (primary N) is 1. The van der Waals surface area contributed by atoms with E-state index in [1.54, 1.807) is 40.9 Å². The summed E-state index contributed by atoms with van der Waals surface area (Å²) in [4.78, 5) is 21.0. The maximum Gasteiger partial charge on any atom is 0.488 e. The van der Waals surface area contributed by atoms with Crippen LogP contribution in [0, 0.1) is 0 Å². The Balaban J connectivity index is 1.54. The van der Waals surface area contributed by atoms with Crippen molar-refractivity contribution in [3.05, 3.63) is 59.3 Å². The van der Waals surface area contributed by atoms with Crippen LogP contribution in [0.5, 0.6) is 5.88 Å². The van der Waals surface area contributed by atoms with E-state index in [-0.39, 0.29) is 11.4 Å². The molecule has 3 aromatic heterocycles. The Bertz CT molecular complexity index is 1360. The molecule has 4 heterocycles. The minimum Gasteiger partial charge on any atom is -0.477 e. The number of benzene rings is 1. The summed E-state index contributed by atoms with van der Waals surface area (Å²) in [5.74, 6) is 1.08. The van der Waals surface area contributed by atoms with Crippen molar-refractivity contribution in [2.45, 2.75) is 19.4 Å². The molecule has 1 amide bonds. The number of pyridine rings is 1. The van der Waals surface area contributed by atoms with Gasteiger partial charge in [-0.05, 0) is 36.0 Å². The van der Waals surface area contributed by atoms with Crippen LogP contribution in [0.4, 0.5) is 5.82 Å². The van der Waals surface area contributed by atoms with E-state index in [2.05, 4.69) is 25.5 Å². The molecule has 1 aliphatic heterocycles. The Morgan fingerprint density at radius 3 is 2.91 bits per heavy atom. The summed E-state index contributed by atoms with van der Waals surface area (Å²) < 4.78 is 7.40. The number of ether oxygens (including phenoxy) is 1. The molecule has 0 atom stereocenters. The number of hydrogen-bond acceptors (Lipinski definition) is 9. The number of primary amides is 1. The molecule has 0 spiro atoms. The zero-order valence-electron chi connectivity index (χ0n) is 17.5. The summed E-state index contributed by atoms with van der Waals surface area (Å²) in [5.41, 5.74) is 8.13. The monoisotopic (exact) mass is 445 g/mol. The highest BCUT2D eigenvalue weighted by Gasteiger charge is 2.23. The highest BCUT2D eigenvalue weighted by molar-refractivity contribution is 6.58. The van der Waals surface area contributed by atoms with Gasteiger partial charge in [-0.2, -0.15) is 4.98 Å². The maximum atomic E-state index is 11.7. The summed E-state index contributed by atoms with van der Waals surface area (Å²) in [7, 11) is -1.54. The Kier molecular flexibility index (Phi) is 5.36. The number of rotatable bonds is 6. The summed E-state index contributed by atoms with van der Waals surface area (Å²) in [6.45, 7) is 0.946. The lowest BCUT2D eigenvalue weighted by Crippen LogP contribution is -2.30. The third kappa shape index (κ3) is 3.97. The van der Waals surface area contributed by atoms with E-state index in [0.717, 1.165) is 24.0 Å². The van der Waals surface area contributed by atoms with Crippen LogP contribution in [0.3, 0.4) is 0 Å². The lowest BCUT2D eigenvalue weighted by Gasteiger charge is -2.20. The number of carbonyl (C=O) groups excluding carboxylic acids is 1. The van der Waals surface area contributed by atoms with Gasteiger partial charge in [0.2, 0.25) is 17.5 Å². The van der Waals surface area contributed by atoms with Crippen LogP contribution in [0.1, 0.15) is 27.9 Å². The molecule has 5 N–H and O–H groups in total. The fraction of sp³-hybridized carbons (Fsp3) is 0.190. The molecule has 11 nitrogen and oxygen atoms in total. The quantitative estimate of drug-likeness (QED) is 0.297. The average molecular weight is 445 g/mol. The molecule has 0 radical (unpaired) electrons. The molecule has 0 bridgehead atoms. The van der Waals surface area contributed by atoms with Gasteiger partial charge in [-0.25, -0.2) is 4.98 Å². The van der Waals surface area contributed by atoms with Crippen LogP contribution in [0.15, 0.2) is 42.6 Å². The molecule has 166 valence electrons. The van der Waals surface area contributed by atoms with Gasteiger partial charge in [0.15, 0.2) is 5.65 Å². The molecule has 0 fully saturated rings. The van der Waals surface area contributed by atoms with Gasteiger partial charge in [-0.3, -0.25) is 9.20 Å². The zero-order valence-corrected chi connectivity index (χ0v) is 17.5. The molecule has 4 aromatic rings. The lowest BCUT2D eigenvalue weighted by atomic mass is 9.79. The lowest BCUT2D eigenvalue weighted by molar-refractivity contribution is 0.100. The Labute approximate surface area is 188 Å². The van der Waals surface area contributed by atoms with Crippen LogP contribution >= 0.6 is 0 Å². The van der Waals surface area contributed by atoms with E-state index in [1.807, 2.05) is 6.07 Å². The molecule has 33 heavy (non-hydrogen) atoms. The summed E-state index contributed by atoms with van der Waals surface area (Å²) in [6.07, 6.45) is 3.30. The highest BCUT2D eigenvalue weighted by atomic mass is 16.5. The minimum atomic E-state index is -1.54. The normalized spacial score (nSPS) is 12.8. The number of fused-ring (bicyclic) bond motifs is 2. The fourth-order valence-electron chi connectivity index (χ4n) is 3.78. The van der Waals surface area contributed by atoms with Crippen LogP contribution in [-0.4, -0.2) is 54.2 Å². The van der Waals surface area contributed by atoms with E-state index in [1.165, 1.54) is 0 Å². The molecular formula is C21H20BN7O4. The maximum absolute atomic E-state index is 11.7. The number of nitrogens with zero attached hydrogens (tertiary/aromatic N) is 5. The van der Waals surface area contributed by atoms with Crippen LogP contribution < -0.4 is 21.3 Å². The van der Waals surface area contributed by atoms with Gasteiger partial charge in [0.25, 0.3) is 5.91 Å². The van der Waals surface area contributed by atoms with E-state index in [4.69, 9.17) is 10.5 Å². The van der Waals surface area contributed by atoms with Crippen molar-refractivity contribution in [2.24, 2.45) is 5.73 Å². The number of aromatic nitrogens is 5. The fourth-order valence-corrected chi connectivity index (χ4v) is 3.78. The van der Waals surface area contributed by atoms with E-state index in [9.17, 15) is 14.8 Å². The second-order valence-electron chi connectivity index (χ2n) is 7.61. The van der Waals surface area contributed by atoms with Crippen LogP contribution in [0.2, 0.25) is 0 Å². The molecule has 1 aliphatic rings. The predicted molar refractivity (Wildman–Crippen MR) is 120 cm³/mol. The van der Waals surface area contributed by atoms with Gasteiger partial charge in [0.1, 0.15) is 5.82 Å². The minimum absolute atomic E-state index is 0.245. The molecule has 0 saturated carbocycles. The summed E-state index contributed by atoms with van der Waals surface area (Å²) in [5, 5.41) is 30.5. The first-order valence-corrected chi connectivity index (χ1v) is 10.4. The smallest absolute Gasteiger partial charge is 0.477 e. The predicted octanol–water partition coefficient (Wildman–Crippen LogP) is -0.0979. The number of hydrogen-bond donors (Lipinski definition) is 4. The average Bonchev–Trinajstić information content (AvgIpc) is 3.26. The summed E-state index contributed by atoms with van der Waals surface area (Å²) >= 11 is 0. The van der Waals surface area contributed by atoms with Crippen LogP contribution in [-0.2, 0) is 13.0 Å². The molecule has 12 heteroatoms.